The molecule has 0 radical (unpaired) electrons. The summed E-state index contributed by atoms with van der Waals surface area (Å²) in [6.07, 6.45) is 1.31. The van der Waals surface area contributed by atoms with E-state index in [9.17, 15) is 9.59 Å². The average Bonchev–Trinajstić information content (AvgIpc) is 2.23. The molecule has 0 aliphatic heterocycles. The summed E-state index contributed by atoms with van der Waals surface area (Å²) in [7, 11) is 0. The maximum atomic E-state index is 11.5. The predicted molar refractivity (Wildman–Crippen MR) is 61.0 cm³/mol. The standard InChI is InChI=1S/C11H18N2O3/c1-3-5-6-7-12-11(16)13(8-4-2)9-10(14)15/h4,6-9H2,1-2H3,(H,12,16)(H,14,15). The lowest BCUT2D eigenvalue weighted by atomic mass is 10.4. The number of hydrogen-bond donors (Lipinski definition) is 2. The molecule has 0 aliphatic carbocycles. The number of carbonyl (C=O) groups excluding carboxylic acids is 1. The first-order valence-corrected chi connectivity index (χ1v) is 5.26. The minimum absolute atomic E-state index is 0.265. The molecule has 0 aromatic rings. The van der Waals surface area contributed by atoms with Crippen LogP contribution in [0.1, 0.15) is 26.7 Å². The van der Waals surface area contributed by atoms with E-state index in [1.54, 1.807) is 6.92 Å². The second kappa shape index (κ2) is 8.60. The molecule has 0 heterocycles. The molecule has 0 fully saturated rings. The topological polar surface area (TPSA) is 69.6 Å². The highest BCUT2D eigenvalue weighted by atomic mass is 16.4. The number of urea groups is 1. The van der Waals surface area contributed by atoms with Crippen LogP contribution in [0.25, 0.3) is 0 Å². The van der Waals surface area contributed by atoms with Gasteiger partial charge in [-0.25, -0.2) is 4.79 Å². The van der Waals surface area contributed by atoms with Gasteiger partial charge in [-0.15, -0.1) is 11.8 Å². The molecule has 2 N–H and O–H groups in total. The van der Waals surface area contributed by atoms with Crippen molar-refractivity contribution < 1.29 is 14.7 Å². The van der Waals surface area contributed by atoms with Crippen molar-refractivity contribution in [1.82, 2.24) is 10.2 Å². The van der Waals surface area contributed by atoms with Gasteiger partial charge in [0.25, 0.3) is 0 Å². The van der Waals surface area contributed by atoms with Crippen LogP contribution in [0, 0.1) is 11.8 Å². The number of nitrogens with zero attached hydrogens (tertiary/aromatic N) is 1. The van der Waals surface area contributed by atoms with Gasteiger partial charge in [-0.2, -0.15) is 0 Å². The van der Waals surface area contributed by atoms with E-state index in [1.807, 2.05) is 6.92 Å². The van der Waals surface area contributed by atoms with Crippen molar-refractivity contribution in [1.29, 1.82) is 0 Å². The maximum absolute atomic E-state index is 11.5. The first-order chi connectivity index (χ1) is 7.61. The van der Waals surface area contributed by atoms with E-state index in [0.29, 0.717) is 19.5 Å². The highest BCUT2D eigenvalue weighted by Crippen LogP contribution is 1.92. The van der Waals surface area contributed by atoms with Crippen LogP contribution in [0.2, 0.25) is 0 Å². The van der Waals surface area contributed by atoms with Crippen LogP contribution in [0.5, 0.6) is 0 Å². The summed E-state index contributed by atoms with van der Waals surface area (Å²) in [5, 5.41) is 11.3. The van der Waals surface area contributed by atoms with E-state index >= 15 is 0 Å². The van der Waals surface area contributed by atoms with Crippen molar-refractivity contribution in [3.8, 4) is 11.8 Å². The largest absolute Gasteiger partial charge is 0.480 e. The molecule has 0 aromatic carbocycles. The summed E-state index contributed by atoms with van der Waals surface area (Å²) in [4.78, 5) is 23.3. The Hall–Kier alpha value is -1.70. The fraction of sp³-hybridized carbons (Fsp3) is 0.636. The number of aliphatic carboxylic acids is 1. The average molecular weight is 226 g/mol. The van der Waals surface area contributed by atoms with E-state index in [2.05, 4.69) is 17.2 Å². The highest BCUT2D eigenvalue weighted by molar-refractivity contribution is 5.80. The molecule has 2 amide bonds. The Balaban J connectivity index is 4.04. The maximum Gasteiger partial charge on any atom is 0.323 e. The summed E-state index contributed by atoms with van der Waals surface area (Å²) in [5.74, 6) is 4.53. The number of carboxylic acids is 1. The van der Waals surface area contributed by atoms with Gasteiger partial charge in [-0.05, 0) is 13.3 Å². The molecular formula is C11H18N2O3. The van der Waals surface area contributed by atoms with Gasteiger partial charge in [0.15, 0.2) is 0 Å². The van der Waals surface area contributed by atoms with Gasteiger partial charge >= 0.3 is 12.0 Å². The Morgan fingerprint density at radius 3 is 2.62 bits per heavy atom. The van der Waals surface area contributed by atoms with Gasteiger partial charge in [0.1, 0.15) is 6.54 Å². The number of carboxylic acid groups (broad SMARTS) is 1. The van der Waals surface area contributed by atoms with Crippen LogP contribution in [-0.2, 0) is 4.79 Å². The van der Waals surface area contributed by atoms with Crippen LogP contribution in [0.3, 0.4) is 0 Å². The Bertz CT molecular complexity index is 291. The molecular weight excluding hydrogens is 208 g/mol. The number of nitrogens with one attached hydrogen (secondary N) is 1. The van der Waals surface area contributed by atoms with Crippen molar-refractivity contribution in [3.05, 3.63) is 0 Å². The lowest BCUT2D eigenvalue weighted by Gasteiger charge is -2.20. The summed E-state index contributed by atoms with van der Waals surface area (Å²) in [6, 6.07) is -0.345. The van der Waals surface area contributed by atoms with E-state index in [-0.39, 0.29) is 12.6 Å². The zero-order valence-corrected chi connectivity index (χ0v) is 9.75. The summed E-state index contributed by atoms with van der Waals surface area (Å²) in [5.41, 5.74) is 0. The Morgan fingerprint density at radius 2 is 2.12 bits per heavy atom. The van der Waals surface area contributed by atoms with Crippen LogP contribution < -0.4 is 5.32 Å². The zero-order chi connectivity index (χ0) is 12.4. The molecule has 16 heavy (non-hydrogen) atoms. The normalized spacial score (nSPS) is 8.88. The van der Waals surface area contributed by atoms with Crippen LogP contribution in [0.15, 0.2) is 0 Å². The van der Waals surface area contributed by atoms with Crippen molar-refractivity contribution in [3.63, 3.8) is 0 Å². The monoisotopic (exact) mass is 226 g/mol. The highest BCUT2D eigenvalue weighted by Gasteiger charge is 2.14. The predicted octanol–water partition coefficient (Wildman–Crippen LogP) is 0.906. The van der Waals surface area contributed by atoms with Crippen molar-refractivity contribution in [2.75, 3.05) is 19.6 Å². The number of hydrogen-bond acceptors (Lipinski definition) is 2. The molecule has 0 spiro atoms. The molecule has 0 saturated carbocycles. The van der Waals surface area contributed by atoms with Gasteiger partial charge in [0.05, 0.1) is 0 Å². The van der Waals surface area contributed by atoms with E-state index < -0.39 is 5.97 Å². The zero-order valence-electron chi connectivity index (χ0n) is 9.75. The number of rotatable bonds is 6. The third kappa shape index (κ3) is 6.71. The van der Waals surface area contributed by atoms with Crippen LogP contribution in [-0.4, -0.2) is 41.6 Å². The lowest BCUT2D eigenvalue weighted by Crippen LogP contribution is -2.43. The summed E-state index contributed by atoms with van der Waals surface area (Å²) >= 11 is 0. The van der Waals surface area contributed by atoms with E-state index in [4.69, 9.17) is 5.11 Å². The van der Waals surface area contributed by atoms with Crippen molar-refractivity contribution in [2.45, 2.75) is 26.7 Å². The molecule has 5 heteroatoms. The summed E-state index contributed by atoms with van der Waals surface area (Å²) < 4.78 is 0. The third-order valence-electron chi connectivity index (χ3n) is 1.81. The van der Waals surface area contributed by atoms with Crippen molar-refractivity contribution in [2.24, 2.45) is 0 Å². The Kier molecular flexibility index (Phi) is 7.68. The van der Waals surface area contributed by atoms with E-state index in [1.165, 1.54) is 4.90 Å². The molecule has 0 unspecified atom stereocenters. The molecule has 0 saturated heterocycles. The van der Waals surface area contributed by atoms with Gasteiger partial charge in [-0.1, -0.05) is 6.92 Å². The second-order valence-corrected chi connectivity index (χ2v) is 3.22. The molecule has 5 nitrogen and oxygen atoms in total. The molecule has 0 rings (SSSR count). The SMILES string of the molecule is CC#CCCNC(=O)N(CCC)CC(=O)O. The van der Waals surface area contributed by atoms with Crippen LogP contribution in [0.4, 0.5) is 4.79 Å². The fourth-order valence-electron chi connectivity index (χ4n) is 1.15. The van der Waals surface area contributed by atoms with Gasteiger partial charge in [0, 0.05) is 19.5 Å². The summed E-state index contributed by atoms with van der Waals surface area (Å²) in [6.45, 7) is 4.25. The molecule has 0 bridgehead atoms. The van der Waals surface area contributed by atoms with Gasteiger partial charge in [0.2, 0.25) is 0 Å². The minimum atomic E-state index is -1.00. The smallest absolute Gasteiger partial charge is 0.323 e. The first-order valence-electron chi connectivity index (χ1n) is 5.26. The molecule has 0 aromatic heterocycles. The minimum Gasteiger partial charge on any atom is -0.480 e. The second-order valence-electron chi connectivity index (χ2n) is 3.22. The third-order valence-corrected chi connectivity index (χ3v) is 1.81. The first kappa shape index (κ1) is 14.3. The molecule has 0 aliphatic rings. The quantitative estimate of drug-likeness (QED) is 0.522. The number of carbonyl (C=O) groups is 2. The van der Waals surface area contributed by atoms with Crippen molar-refractivity contribution >= 4 is 12.0 Å². The van der Waals surface area contributed by atoms with E-state index in [0.717, 1.165) is 6.42 Å². The van der Waals surface area contributed by atoms with Crippen LogP contribution >= 0.6 is 0 Å². The van der Waals surface area contributed by atoms with Gasteiger partial charge in [-0.3, -0.25) is 4.79 Å². The Morgan fingerprint density at radius 1 is 1.44 bits per heavy atom. The Labute approximate surface area is 95.8 Å². The molecule has 90 valence electrons. The lowest BCUT2D eigenvalue weighted by molar-refractivity contribution is -0.137. The molecule has 0 atom stereocenters. The number of amides is 2. The fourth-order valence-corrected chi connectivity index (χ4v) is 1.15. The van der Waals surface area contributed by atoms with Gasteiger partial charge < -0.3 is 15.3 Å².